The summed E-state index contributed by atoms with van der Waals surface area (Å²) in [4.78, 5) is 11.6. The first-order valence-electron chi connectivity index (χ1n) is 5.22. The Morgan fingerprint density at radius 2 is 2.33 bits per heavy atom. The first-order chi connectivity index (χ1) is 8.77. The Labute approximate surface area is 101 Å². The standard InChI is InChI=1S/C11H11FN2O4/c12-6-17-11(15)7-2-1-3-8-9(7)10(14-18-8)16-5-4-13/h1-3H,4-6,13H2. The van der Waals surface area contributed by atoms with Crippen LogP contribution in [-0.2, 0) is 4.74 Å². The number of benzene rings is 1. The highest BCUT2D eigenvalue weighted by Crippen LogP contribution is 2.28. The molecule has 18 heavy (non-hydrogen) atoms. The Kier molecular flexibility index (Phi) is 3.73. The highest BCUT2D eigenvalue weighted by molar-refractivity contribution is 6.05. The number of nitrogens with two attached hydrogens (primary N) is 1. The quantitative estimate of drug-likeness (QED) is 0.808. The number of carbonyl (C=O) groups excluding carboxylic acids is 1. The molecule has 0 radical (unpaired) electrons. The van der Waals surface area contributed by atoms with Crippen LogP contribution in [0.25, 0.3) is 11.0 Å². The molecule has 1 aromatic heterocycles. The van der Waals surface area contributed by atoms with Crippen molar-refractivity contribution < 1.29 is 23.2 Å². The normalized spacial score (nSPS) is 10.6. The van der Waals surface area contributed by atoms with Crippen LogP contribution < -0.4 is 10.5 Å². The number of hydrogen-bond acceptors (Lipinski definition) is 6. The Morgan fingerprint density at radius 1 is 1.50 bits per heavy atom. The van der Waals surface area contributed by atoms with Crippen molar-refractivity contribution >= 4 is 16.9 Å². The van der Waals surface area contributed by atoms with Crippen LogP contribution in [0.4, 0.5) is 4.39 Å². The minimum absolute atomic E-state index is 0.137. The minimum Gasteiger partial charge on any atom is -0.474 e. The number of hydrogen-bond donors (Lipinski definition) is 1. The van der Waals surface area contributed by atoms with Gasteiger partial charge in [0.2, 0.25) is 6.86 Å². The molecule has 0 spiro atoms. The fraction of sp³-hybridized carbons (Fsp3) is 0.273. The topological polar surface area (TPSA) is 87.6 Å². The Hall–Kier alpha value is -2.15. The SMILES string of the molecule is NCCOc1noc2cccc(C(=O)OCF)c12. The van der Waals surface area contributed by atoms with Gasteiger partial charge in [-0.3, -0.25) is 0 Å². The maximum atomic E-state index is 12.0. The third-order valence-electron chi connectivity index (χ3n) is 2.23. The van der Waals surface area contributed by atoms with Crippen LogP contribution in [0.2, 0.25) is 0 Å². The number of aromatic nitrogens is 1. The lowest BCUT2D eigenvalue weighted by Gasteiger charge is -2.03. The first kappa shape index (κ1) is 12.3. The van der Waals surface area contributed by atoms with Crippen molar-refractivity contribution in [2.75, 3.05) is 20.0 Å². The zero-order valence-electron chi connectivity index (χ0n) is 9.39. The van der Waals surface area contributed by atoms with Gasteiger partial charge in [-0.1, -0.05) is 6.07 Å². The number of esters is 1. The Morgan fingerprint density at radius 3 is 3.06 bits per heavy atom. The van der Waals surface area contributed by atoms with E-state index in [0.29, 0.717) is 17.5 Å². The molecule has 2 aromatic rings. The summed E-state index contributed by atoms with van der Waals surface area (Å²) < 4.78 is 26.6. The van der Waals surface area contributed by atoms with Crippen molar-refractivity contribution in [2.24, 2.45) is 5.73 Å². The summed E-state index contributed by atoms with van der Waals surface area (Å²) in [5.41, 5.74) is 5.80. The van der Waals surface area contributed by atoms with Gasteiger partial charge in [-0.25, -0.2) is 9.18 Å². The van der Waals surface area contributed by atoms with Crippen LogP contribution in [0.15, 0.2) is 22.7 Å². The molecule has 96 valence electrons. The monoisotopic (exact) mass is 254 g/mol. The van der Waals surface area contributed by atoms with Crippen LogP contribution >= 0.6 is 0 Å². The van der Waals surface area contributed by atoms with E-state index in [1.807, 2.05) is 0 Å². The van der Waals surface area contributed by atoms with Crippen molar-refractivity contribution in [1.82, 2.24) is 5.16 Å². The van der Waals surface area contributed by atoms with E-state index in [-0.39, 0.29) is 18.1 Å². The van der Waals surface area contributed by atoms with E-state index in [0.717, 1.165) is 0 Å². The number of halogens is 1. The third-order valence-corrected chi connectivity index (χ3v) is 2.23. The zero-order chi connectivity index (χ0) is 13.0. The van der Waals surface area contributed by atoms with Crippen molar-refractivity contribution in [3.63, 3.8) is 0 Å². The van der Waals surface area contributed by atoms with E-state index in [2.05, 4.69) is 9.89 Å². The number of carbonyl (C=O) groups is 1. The van der Waals surface area contributed by atoms with Gasteiger partial charge in [0.1, 0.15) is 6.61 Å². The van der Waals surface area contributed by atoms with Gasteiger partial charge in [-0.05, 0) is 17.3 Å². The molecule has 0 atom stereocenters. The first-order valence-corrected chi connectivity index (χ1v) is 5.22. The molecule has 1 heterocycles. The van der Waals surface area contributed by atoms with Gasteiger partial charge in [0, 0.05) is 6.54 Å². The smallest absolute Gasteiger partial charge is 0.341 e. The summed E-state index contributed by atoms with van der Waals surface area (Å²) >= 11 is 0. The summed E-state index contributed by atoms with van der Waals surface area (Å²) in [5, 5.41) is 4.03. The second-order valence-electron chi connectivity index (χ2n) is 3.34. The Balaban J connectivity index is 2.45. The van der Waals surface area contributed by atoms with Gasteiger partial charge in [0.05, 0.1) is 10.9 Å². The van der Waals surface area contributed by atoms with Crippen molar-refractivity contribution in [3.05, 3.63) is 23.8 Å². The molecule has 6 nitrogen and oxygen atoms in total. The molecule has 0 unspecified atom stereocenters. The van der Waals surface area contributed by atoms with E-state index >= 15 is 0 Å². The molecule has 2 N–H and O–H groups in total. The second kappa shape index (κ2) is 5.46. The lowest BCUT2D eigenvalue weighted by atomic mass is 10.1. The maximum absolute atomic E-state index is 12.0. The van der Waals surface area contributed by atoms with E-state index in [9.17, 15) is 9.18 Å². The molecule has 0 aliphatic heterocycles. The van der Waals surface area contributed by atoms with Crippen LogP contribution in [0, 0.1) is 0 Å². The predicted molar refractivity (Wildman–Crippen MR) is 59.9 cm³/mol. The van der Waals surface area contributed by atoms with Gasteiger partial charge >= 0.3 is 5.97 Å². The summed E-state index contributed by atoms with van der Waals surface area (Å²) in [6, 6.07) is 4.67. The lowest BCUT2D eigenvalue weighted by molar-refractivity contribution is 0.0326. The van der Waals surface area contributed by atoms with Crippen molar-refractivity contribution in [3.8, 4) is 5.88 Å². The van der Waals surface area contributed by atoms with Crippen LogP contribution in [0.5, 0.6) is 5.88 Å². The van der Waals surface area contributed by atoms with Gasteiger partial charge in [-0.2, -0.15) is 0 Å². The highest BCUT2D eigenvalue weighted by Gasteiger charge is 2.19. The largest absolute Gasteiger partial charge is 0.474 e. The maximum Gasteiger partial charge on any atom is 0.341 e. The zero-order valence-corrected chi connectivity index (χ0v) is 9.39. The van der Waals surface area contributed by atoms with Gasteiger partial charge in [0.25, 0.3) is 5.88 Å². The molecule has 0 saturated heterocycles. The number of ether oxygens (including phenoxy) is 2. The lowest BCUT2D eigenvalue weighted by Crippen LogP contribution is -2.11. The van der Waals surface area contributed by atoms with Crippen LogP contribution in [-0.4, -0.2) is 31.1 Å². The third kappa shape index (κ3) is 2.25. The van der Waals surface area contributed by atoms with E-state index in [1.54, 1.807) is 12.1 Å². The predicted octanol–water partition coefficient (Wildman–Crippen LogP) is 1.25. The van der Waals surface area contributed by atoms with Crippen molar-refractivity contribution in [2.45, 2.75) is 0 Å². The number of fused-ring (bicyclic) bond motifs is 1. The van der Waals surface area contributed by atoms with Crippen LogP contribution in [0.1, 0.15) is 10.4 Å². The number of nitrogens with zero attached hydrogens (tertiary/aromatic N) is 1. The summed E-state index contributed by atoms with van der Waals surface area (Å²) in [7, 11) is 0. The summed E-state index contributed by atoms with van der Waals surface area (Å²) in [6.07, 6.45) is 0. The molecule has 0 aliphatic carbocycles. The number of rotatable bonds is 5. The van der Waals surface area contributed by atoms with E-state index in [4.69, 9.17) is 15.0 Å². The fourth-order valence-corrected chi connectivity index (χ4v) is 1.52. The second-order valence-corrected chi connectivity index (χ2v) is 3.34. The van der Waals surface area contributed by atoms with E-state index in [1.165, 1.54) is 6.07 Å². The summed E-state index contributed by atoms with van der Waals surface area (Å²) in [5.74, 6) is -0.661. The average molecular weight is 254 g/mol. The van der Waals surface area contributed by atoms with E-state index < -0.39 is 12.8 Å². The van der Waals surface area contributed by atoms with Gasteiger partial charge in [-0.15, -0.1) is 0 Å². The molecular weight excluding hydrogens is 243 g/mol. The molecule has 0 fully saturated rings. The molecule has 7 heteroatoms. The van der Waals surface area contributed by atoms with Crippen molar-refractivity contribution in [1.29, 1.82) is 0 Å². The summed E-state index contributed by atoms with van der Waals surface area (Å²) in [6.45, 7) is -0.668. The average Bonchev–Trinajstić information content (AvgIpc) is 2.79. The molecule has 0 bridgehead atoms. The molecule has 0 amide bonds. The minimum atomic E-state index is -1.19. The molecular formula is C11H11FN2O4. The van der Waals surface area contributed by atoms with Gasteiger partial charge < -0.3 is 19.7 Å². The molecule has 0 aliphatic rings. The highest BCUT2D eigenvalue weighted by atomic mass is 19.1. The molecule has 1 aromatic carbocycles. The number of alkyl halides is 1. The fourth-order valence-electron chi connectivity index (χ4n) is 1.52. The molecule has 2 rings (SSSR count). The van der Waals surface area contributed by atoms with Crippen LogP contribution in [0.3, 0.4) is 0 Å². The Bertz CT molecular complexity index is 555. The molecule has 0 saturated carbocycles. The van der Waals surface area contributed by atoms with Gasteiger partial charge in [0.15, 0.2) is 5.58 Å².